The number of ether oxygens (including phenoxy) is 1. The first-order valence-electron chi connectivity index (χ1n) is 5.37. The molecular weight excluding hydrogens is 227 g/mol. The third-order valence-electron chi connectivity index (χ3n) is 2.74. The second kappa shape index (κ2) is 4.57. The molecule has 2 rings (SSSR count). The summed E-state index contributed by atoms with van der Waals surface area (Å²) >= 11 is 0. The van der Waals surface area contributed by atoms with Gasteiger partial charge in [-0.3, -0.25) is 10.1 Å². The van der Waals surface area contributed by atoms with Crippen molar-refractivity contribution in [3.05, 3.63) is 28.1 Å². The zero-order valence-corrected chi connectivity index (χ0v) is 9.40. The molecule has 1 fully saturated rings. The molecule has 17 heavy (non-hydrogen) atoms. The molecule has 0 amide bonds. The van der Waals surface area contributed by atoms with E-state index >= 15 is 0 Å². The Labute approximate surface area is 97.7 Å². The van der Waals surface area contributed by atoms with Crippen LogP contribution in [0, 0.1) is 21.8 Å². The number of nitrogens with zero attached hydrogens (tertiary/aromatic N) is 1. The number of halogens is 1. The molecule has 1 aromatic carbocycles. The third kappa shape index (κ3) is 2.64. The van der Waals surface area contributed by atoms with Crippen molar-refractivity contribution in [2.75, 3.05) is 19.0 Å². The summed E-state index contributed by atoms with van der Waals surface area (Å²) in [4.78, 5) is 10.00. The van der Waals surface area contributed by atoms with Crippen LogP contribution in [0.4, 0.5) is 15.8 Å². The number of nitro benzene ring substituents is 1. The monoisotopic (exact) mass is 240 g/mol. The van der Waals surface area contributed by atoms with Gasteiger partial charge in [0.25, 0.3) is 0 Å². The molecule has 0 unspecified atom stereocenters. The lowest BCUT2D eigenvalue weighted by molar-refractivity contribution is -0.385. The van der Waals surface area contributed by atoms with Gasteiger partial charge in [-0.1, -0.05) is 0 Å². The van der Waals surface area contributed by atoms with Crippen LogP contribution in [-0.2, 0) is 0 Å². The van der Waals surface area contributed by atoms with Gasteiger partial charge in [0, 0.05) is 12.6 Å². The van der Waals surface area contributed by atoms with Crippen LogP contribution in [0.1, 0.15) is 12.8 Å². The van der Waals surface area contributed by atoms with E-state index in [0.717, 1.165) is 18.9 Å². The average Bonchev–Trinajstić information content (AvgIpc) is 3.10. The van der Waals surface area contributed by atoms with E-state index < -0.39 is 10.7 Å². The number of nitro groups is 1. The first-order chi connectivity index (χ1) is 8.11. The lowest BCUT2D eigenvalue weighted by Crippen LogP contribution is -2.06. The minimum atomic E-state index is -0.660. The fourth-order valence-corrected chi connectivity index (χ4v) is 1.56. The molecule has 0 saturated heterocycles. The normalized spacial score (nSPS) is 14.5. The summed E-state index contributed by atoms with van der Waals surface area (Å²) in [6.45, 7) is 0.692. The van der Waals surface area contributed by atoms with Gasteiger partial charge in [-0.2, -0.15) is 0 Å². The molecule has 0 bridgehead atoms. The SMILES string of the molecule is COc1cc(NCC2CC2)c(F)cc1[N+](=O)[O-]. The van der Waals surface area contributed by atoms with E-state index in [1.54, 1.807) is 0 Å². The summed E-state index contributed by atoms with van der Waals surface area (Å²) < 4.78 is 18.5. The quantitative estimate of drug-likeness (QED) is 0.634. The maximum absolute atomic E-state index is 13.6. The van der Waals surface area contributed by atoms with Crippen LogP contribution >= 0.6 is 0 Å². The molecule has 0 aromatic heterocycles. The molecule has 0 heterocycles. The van der Waals surface area contributed by atoms with Crippen molar-refractivity contribution in [2.45, 2.75) is 12.8 Å². The topological polar surface area (TPSA) is 64.4 Å². The Morgan fingerprint density at radius 1 is 1.59 bits per heavy atom. The Morgan fingerprint density at radius 3 is 2.82 bits per heavy atom. The zero-order chi connectivity index (χ0) is 12.4. The molecule has 1 aliphatic rings. The maximum atomic E-state index is 13.6. The number of hydrogen-bond donors (Lipinski definition) is 1. The van der Waals surface area contributed by atoms with Crippen molar-refractivity contribution in [3.8, 4) is 5.75 Å². The van der Waals surface area contributed by atoms with E-state index in [4.69, 9.17) is 4.74 Å². The number of rotatable bonds is 5. The van der Waals surface area contributed by atoms with Crippen molar-refractivity contribution in [1.29, 1.82) is 0 Å². The predicted molar refractivity (Wildman–Crippen MR) is 60.8 cm³/mol. The highest BCUT2D eigenvalue weighted by molar-refractivity contribution is 5.59. The standard InChI is InChI=1S/C11H13FN2O3/c1-17-11-5-9(13-6-7-2-3-7)8(12)4-10(11)14(15)16/h4-5,7,13H,2-3,6H2,1H3. The Hall–Kier alpha value is -1.85. The highest BCUT2D eigenvalue weighted by Gasteiger charge is 2.23. The third-order valence-corrected chi connectivity index (χ3v) is 2.74. The maximum Gasteiger partial charge on any atom is 0.313 e. The summed E-state index contributed by atoms with van der Waals surface area (Å²) in [5.74, 6) is 0.0310. The molecule has 5 nitrogen and oxygen atoms in total. The first kappa shape index (κ1) is 11.6. The molecule has 92 valence electrons. The van der Waals surface area contributed by atoms with E-state index in [-0.39, 0.29) is 17.1 Å². The molecule has 0 aliphatic heterocycles. The van der Waals surface area contributed by atoms with Gasteiger partial charge in [-0.15, -0.1) is 0 Å². The molecule has 1 N–H and O–H groups in total. The second-order valence-electron chi connectivity index (χ2n) is 4.09. The number of anilines is 1. The summed E-state index contributed by atoms with van der Waals surface area (Å²) in [6, 6.07) is 2.21. The van der Waals surface area contributed by atoms with Crippen LogP contribution in [0.25, 0.3) is 0 Å². The van der Waals surface area contributed by atoms with E-state index in [1.807, 2.05) is 0 Å². The van der Waals surface area contributed by atoms with Crippen molar-refractivity contribution < 1.29 is 14.1 Å². The Kier molecular flexibility index (Phi) is 3.12. The summed E-state index contributed by atoms with van der Waals surface area (Å²) in [5.41, 5.74) is -0.110. The van der Waals surface area contributed by atoms with E-state index in [1.165, 1.54) is 13.2 Å². The first-order valence-corrected chi connectivity index (χ1v) is 5.37. The Morgan fingerprint density at radius 2 is 2.29 bits per heavy atom. The van der Waals surface area contributed by atoms with Gasteiger partial charge in [0.05, 0.1) is 23.8 Å². The Balaban J connectivity index is 2.23. The second-order valence-corrected chi connectivity index (χ2v) is 4.09. The predicted octanol–water partition coefficient (Wildman–Crippen LogP) is 2.56. The van der Waals surface area contributed by atoms with Crippen LogP contribution in [0.3, 0.4) is 0 Å². The van der Waals surface area contributed by atoms with Crippen molar-refractivity contribution in [2.24, 2.45) is 5.92 Å². The van der Waals surface area contributed by atoms with Crippen LogP contribution in [-0.4, -0.2) is 18.6 Å². The minimum absolute atomic E-state index is 0.0645. The number of methoxy groups -OCH3 is 1. The van der Waals surface area contributed by atoms with Crippen LogP contribution in [0.15, 0.2) is 12.1 Å². The Bertz CT molecular complexity index is 447. The van der Waals surface area contributed by atoms with E-state index in [9.17, 15) is 14.5 Å². The van der Waals surface area contributed by atoms with Crippen molar-refractivity contribution in [1.82, 2.24) is 0 Å². The highest BCUT2D eigenvalue weighted by atomic mass is 19.1. The molecular formula is C11H13FN2O3. The summed E-state index contributed by atoms with van der Waals surface area (Å²) in [5, 5.41) is 13.6. The van der Waals surface area contributed by atoms with Gasteiger partial charge in [0.15, 0.2) is 11.6 Å². The smallest absolute Gasteiger partial charge is 0.313 e. The minimum Gasteiger partial charge on any atom is -0.490 e. The van der Waals surface area contributed by atoms with Gasteiger partial charge in [-0.05, 0) is 18.8 Å². The molecule has 1 aliphatic carbocycles. The molecule has 6 heteroatoms. The summed E-state index contributed by atoms with van der Waals surface area (Å²) in [7, 11) is 1.32. The van der Waals surface area contributed by atoms with Crippen LogP contribution in [0.5, 0.6) is 5.75 Å². The van der Waals surface area contributed by atoms with Crippen LogP contribution in [0.2, 0.25) is 0 Å². The van der Waals surface area contributed by atoms with Crippen molar-refractivity contribution >= 4 is 11.4 Å². The van der Waals surface area contributed by atoms with Crippen molar-refractivity contribution in [3.63, 3.8) is 0 Å². The van der Waals surface area contributed by atoms with Crippen LogP contribution < -0.4 is 10.1 Å². The zero-order valence-electron chi connectivity index (χ0n) is 9.40. The van der Waals surface area contributed by atoms with Gasteiger partial charge in [-0.25, -0.2) is 4.39 Å². The molecule has 0 spiro atoms. The number of nitrogens with one attached hydrogen (secondary N) is 1. The van der Waals surface area contributed by atoms with Gasteiger partial charge in [0.2, 0.25) is 0 Å². The van der Waals surface area contributed by atoms with E-state index in [0.29, 0.717) is 12.5 Å². The average molecular weight is 240 g/mol. The lowest BCUT2D eigenvalue weighted by Gasteiger charge is -2.09. The molecule has 0 radical (unpaired) electrons. The van der Waals surface area contributed by atoms with Gasteiger partial charge < -0.3 is 10.1 Å². The van der Waals surface area contributed by atoms with Gasteiger partial charge >= 0.3 is 5.69 Å². The van der Waals surface area contributed by atoms with Gasteiger partial charge in [0.1, 0.15) is 0 Å². The fraction of sp³-hybridized carbons (Fsp3) is 0.455. The summed E-state index contributed by atoms with van der Waals surface area (Å²) in [6.07, 6.45) is 2.30. The fourth-order valence-electron chi connectivity index (χ4n) is 1.56. The van der Waals surface area contributed by atoms with E-state index in [2.05, 4.69) is 5.32 Å². The largest absolute Gasteiger partial charge is 0.490 e. The molecule has 0 atom stereocenters. The number of benzene rings is 1. The molecule has 1 aromatic rings. The molecule has 1 saturated carbocycles. The number of hydrogen-bond acceptors (Lipinski definition) is 4. The lowest BCUT2D eigenvalue weighted by atomic mass is 10.2. The highest BCUT2D eigenvalue weighted by Crippen LogP contribution is 2.34.